The number of Topliss-reactive ketones (excluding diaryl/α,β-unsaturated/α-hetero) is 2. The number of fused-ring (bicyclic) bond motifs is 4. The summed E-state index contributed by atoms with van der Waals surface area (Å²) in [6, 6.07) is 19.9. The summed E-state index contributed by atoms with van der Waals surface area (Å²) in [5.41, 5.74) is 0.486. The van der Waals surface area contributed by atoms with Crippen LogP contribution in [0.25, 0.3) is 0 Å². The van der Waals surface area contributed by atoms with Crippen molar-refractivity contribution in [2.45, 2.75) is 96.9 Å². The SMILES string of the molecule is CC(C)CCNc1cc(F)c2c(c1OCc1ccccc1)C(=O)C1=C(O)[C@]3(O[Si](C)(C)C(C)(C)C)C(=O)c4c(OCc5ccccc5)noc4[C@@H](N(C)C)[C@@H]3C[C@@H]1C2. The zero-order valence-corrected chi connectivity index (χ0v) is 36.1. The third-order valence-electron chi connectivity index (χ3n) is 12.5. The molecule has 0 saturated carbocycles. The van der Waals surface area contributed by atoms with Gasteiger partial charge in [0, 0.05) is 29.7 Å². The van der Waals surface area contributed by atoms with Crippen molar-refractivity contribution < 1.29 is 37.5 Å². The molecule has 3 aliphatic carbocycles. The first-order chi connectivity index (χ1) is 27.5. The van der Waals surface area contributed by atoms with Crippen LogP contribution in [-0.4, -0.2) is 61.3 Å². The highest BCUT2D eigenvalue weighted by molar-refractivity contribution is 6.74. The molecule has 0 radical (unpaired) electrons. The number of halogens is 1. The largest absolute Gasteiger partial charge is 0.508 e. The van der Waals surface area contributed by atoms with Gasteiger partial charge in [0.1, 0.15) is 30.4 Å². The second kappa shape index (κ2) is 15.8. The van der Waals surface area contributed by atoms with Crippen molar-refractivity contribution in [3.05, 3.63) is 117 Å². The second-order valence-corrected chi connectivity index (χ2v) is 22.9. The van der Waals surface area contributed by atoms with Crippen LogP contribution in [0.2, 0.25) is 18.1 Å². The van der Waals surface area contributed by atoms with Crippen molar-refractivity contribution in [1.29, 1.82) is 0 Å². The fraction of sp³-hybridized carbons (Fsp3) is 0.457. The number of ether oxygens (including phenoxy) is 2. The number of anilines is 1. The average Bonchev–Trinajstić information content (AvgIpc) is 3.58. The molecule has 0 aliphatic heterocycles. The van der Waals surface area contributed by atoms with Crippen molar-refractivity contribution in [2.24, 2.45) is 17.8 Å². The van der Waals surface area contributed by atoms with Crippen molar-refractivity contribution in [3.63, 3.8) is 0 Å². The third-order valence-corrected chi connectivity index (χ3v) is 16.9. The number of nitrogens with one attached hydrogen (secondary N) is 1. The minimum absolute atomic E-state index is 0.0108. The molecule has 7 rings (SSSR count). The molecule has 12 heteroatoms. The molecule has 10 nitrogen and oxygen atoms in total. The van der Waals surface area contributed by atoms with E-state index < -0.39 is 60.0 Å². The Labute approximate surface area is 341 Å². The van der Waals surface area contributed by atoms with Crippen LogP contribution in [-0.2, 0) is 24.1 Å². The summed E-state index contributed by atoms with van der Waals surface area (Å²) in [6.07, 6.45) is 1.14. The fourth-order valence-corrected chi connectivity index (χ4v) is 9.93. The standard InChI is InChI=1S/C46H56FN3O7Si/c1-27(2)20-21-48-34-24-33(47)31-22-30-23-32-38(50(6)7)41-37(44(49-56-41)55-26-29-18-14-11-15-19-29)43(53)46(32,57-58(8,9)45(3,4)5)42(52)35(30)39(51)36(31)40(34)54-25-28-16-12-10-13-17-28/h10-19,24,27,30,32,38,48,52H,20-23,25-26H2,1-9H3/t30-,32-,38-,46-/m0/s1. The lowest BCUT2D eigenvalue weighted by Crippen LogP contribution is -2.65. The van der Waals surface area contributed by atoms with E-state index in [0.29, 0.717) is 23.9 Å². The summed E-state index contributed by atoms with van der Waals surface area (Å²) in [7, 11) is 0.810. The summed E-state index contributed by atoms with van der Waals surface area (Å²) in [5.74, 6) is -2.60. The number of aromatic nitrogens is 1. The Bertz CT molecular complexity index is 2210. The number of carbonyl (C=O) groups is 2. The van der Waals surface area contributed by atoms with Gasteiger partial charge in [-0.2, -0.15) is 0 Å². The van der Waals surface area contributed by atoms with Crippen LogP contribution in [0.15, 0.2) is 82.6 Å². The molecule has 58 heavy (non-hydrogen) atoms. The maximum Gasteiger partial charge on any atom is 0.265 e. The number of hydrogen-bond donors (Lipinski definition) is 2. The Morgan fingerprint density at radius 1 is 1.00 bits per heavy atom. The Morgan fingerprint density at radius 3 is 2.21 bits per heavy atom. The topological polar surface area (TPSA) is 123 Å². The number of benzene rings is 3. The summed E-state index contributed by atoms with van der Waals surface area (Å²) in [4.78, 5) is 32.8. The molecule has 0 spiro atoms. The van der Waals surface area contributed by atoms with E-state index in [1.807, 2.05) is 92.8 Å². The number of carbonyl (C=O) groups excluding carboxylic acids is 2. The van der Waals surface area contributed by atoms with Gasteiger partial charge >= 0.3 is 0 Å². The first-order valence-corrected chi connectivity index (χ1v) is 23.2. The summed E-state index contributed by atoms with van der Waals surface area (Å²) < 4.78 is 42.4. The smallest absolute Gasteiger partial charge is 0.265 e. The van der Waals surface area contributed by atoms with Crippen LogP contribution < -0.4 is 14.8 Å². The molecule has 3 aliphatic rings. The van der Waals surface area contributed by atoms with Crippen molar-refractivity contribution in [1.82, 2.24) is 10.1 Å². The number of aliphatic hydroxyl groups is 1. The van der Waals surface area contributed by atoms with E-state index >= 15 is 14.0 Å². The van der Waals surface area contributed by atoms with E-state index in [9.17, 15) is 5.11 Å². The molecular formula is C46H56FN3O7Si. The number of allylic oxidation sites excluding steroid dienone is 1. The normalized spacial score (nSPS) is 21.8. The van der Waals surface area contributed by atoms with E-state index in [0.717, 1.165) is 17.5 Å². The van der Waals surface area contributed by atoms with Crippen LogP contribution in [0.1, 0.15) is 96.7 Å². The van der Waals surface area contributed by atoms with Crippen LogP contribution in [0, 0.1) is 23.6 Å². The number of hydrogen-bond acceptors (Lipinski definition) is 10. The zero-order valence-electron chi connectivity index (χ0n) is 35.1. The molecule has 3 aromatic carbocycles. The Morgan fingerprint density at radius 2 is 1.62 bits per heavy atom. The quantitative estimate of drug-likeness (QED) is 0.126. The van der Waals surface area contributed by atoms with Crippen molar-refractivity contribution >= 4 is 25.6 Å². The van der Waals surface area contributed by atoms with Crippen molar-refractivity contribution in [2.75, 3.05) is 26.0 Å². The summed E-state index contributed by atoms with van der Waals surface area (Å²) >= 11 is 0. The molecule has 0 saturated heterocycles. The minimum Gasteiger partial charge on any atom is -0.508 e. The van der Waals surface area contributed by atoms with Gasteiger partial charge < -0.3 is 28.8 Å². The lowest BCUT2D eigenvalue weighted by atomic mass is 9.58. The molecule has 1 heterocycles. The van der Waals surface area contributed by atoms with Gasteiger partial charge in [0.05, 0.1) is 17.3 Å². The van der Waals surface area contributed by atoms with Crippen molar-refractivity contribution in [3.8, 4) is 11.6 Å². The maximum absolute atomic E-state index is 16.5. The fourth-order valence-electron chi connectivity index (χ4n) is 8.47. The number of ketones is 2. The van der Waals surface area contributed by atoms with Gasteiger partial charge in [-0.25, -0.2) is 4.39 Å². The van der Waals surface area contributed by atoms with Crippen LogP contribution >= 0.6 is 0 Å². The molecule has 2 N–H and O–H groups in total. The van der Waals surface area contributed by atoms with E-state index in [-0.39, 0.29) is 59.9 Å². The lowest BCUT2D eigenvalue weighted by molar-refractivity contribution is -0.0481. The molecule has 0 amide bonds. The van der Waals surface area contributed by atoms with Gasteiger partial charge in [-0.3, -0.25) is 14.5 Å². The lowest BCUT2D eigenvalue weighted by Gasteiger charge is -2.55. The average molecular weight is 810 g/mol. The Kier molecular flexibility index (Phi) is 11.2. The van der Waals surface area contributed by atoms with Crippen LogP contribution in [0.4, 0.5) is 10.1 Å². The van der Waals surface area contributed by atoms with E-state index in [1.54, 1.807) is 0 Å². The molecule has 0 bridgehead atoms. The van der Waals surface area contributed by atoms with Gasteiger partial charge in [-0.1, -0.05) is 95.3 Å². The van der Waals surface area contributed by atoms with Gasteiger partial charge in [-0.05, 0) is 79.6 Å². The minimum atomic E-state index is -2.93. The monoisotopic (exact) mass is 809 g/mol. The van der Waals surface area contributed by atoms with E-state index in [2.05, 4.69) is 45.1 Å². The zero-order chi connectivity index (χ0) is 41.7. The molecule has 4 aromatic rings. The molecule has 1 aromatic heterocycles. The Balaban J connectivity index is 1.41. The maximum atomic E-state index is 16.5. The highest BCUT2D eigenvalue weighted by atomic mass is 28.4. The van der Waals surface area contributed by atoms with E-state index in [1.165, 1.54) is 6.07 Å². The predicted molar refractivity (Wildman–Crippen MR) is 223 cm³/mol. The molecule has 308 valence electrons. The molecule has 0 unspecified atom stereocenters. The summed E-state index contributed by atoms with van der Waals surface area (Å²) in [6.45, 7) is 15.2. The Hall–Kier alpha value is -4.78. The number of nitrogens with zero attached hydrogens (tertiary/aromatic N) is 2. The molecular weight excluding hydrogens is 754 g/mol. The molecule has 4 atom stereocenters. The van der Waals surface area contributed by atoms with Gasteiger partial charge in [0.2, 0.25) is 5.78 Å². The summed E-state index contributed by atoms with van der Waals surface area (Å²) in [5, 5.41) is 20.2. The highest BCUT2D eigenvalue weighted by Gasteiger charge is 2.67. The van der Waals surface area contributed by atoms with Crippen LogP contribution in [0.5, 0.6) is 11.6 Å². The number of aliphatic hydroxyl groups excluding tert-OH is 1. The van der Waals surface area contributed by atoms with E-state index in [4.69, 9.17) is 18.4 Å². The number of rotatable bonds is 13. The molecule has 0 fully saturated rings. The second-order valence-electron chi connectivity index (χ2n) is 18.1. The predicted octanol–water partition coefficient (Wildman–Crippen LogP) is 9.88. The first kappa shape index (κ1) is 41.4. The van der Waals surface area contributed by atoms with Gasteiger partial charge in [-0.15, -0.1) is 0 Å². The van der Waals surface area contributed by atoms with Gasteiger partial charge in [0.15, 0.2) is 31.2 Å². The first-order valence-electron chi connectivity index (χ1n) is 20.3. The van der Waals surface area contributed by atoms with Crippen LogP contribution in [0.3, 0.4) is 0 Å². The van der Waals surface area contributed by atoms with Gasteiger partial charge in [0.25, 0.3) is 5.88 Å². The third kappa shape index (κ3) is 7.28. The highest BCUT2D eigenvalue weighted by Crippen LogP contribution is 2.60.